The van der Waals surface area contributed by atoms with Crippen LogP contribution >= 0.6 is 24.0 Å². The monoisotopic (exact) mass is 347 g/mol. The lowest BCUT2D eigenvalue weighted by atomic mass is 10.2. The molecular weight excluding hydrogens is 329 g/mol. The molecule has 1 aliphatic heterocycles. The Balaban J connectivity index is 0.00000242. The van der Waals surface area contributed by atoms with Gasteiger partial charge in [-0.15, -0.1) is 12.4 Å². The average molecular weight is 348 g/mol. The second kappa shape index (κ2) is 8.33. The van der Waals surface area contributed by atoms with Crippen molar-refractivity contribution < 1.29 is 14.3 Å². The Hall–Kier alpha value is -1.34. The fourth-order valence-electron chi connectivity index (χ4n) is 2.18. The van der Waals surface area contributed by atoms with E-state index in [1.807, 2.05) is 0 Å². The first-order valence-electron chi connectivity index (χ1n) is 6.73. The van der Waals surface area contributed by atoms with Crippen LogP contribution in [0.1, 0.15) is 19.8 Å². The van der Waals surface area contributed by atoms with Crippen molar-refractivity contribution in [3.63, 3.8) is 0 Å². The molecule has 0 unspecified atom stereocenters. The Kier molecular flexibility index (Phi) is 7.09. The summed E-state index contributed by atoms with van der Waals surface area (Å²) in [4.78, 5) is 23.1. The number of anilines is 2. The molecule has 1 heterocycles. The zero-order chi connectivity index (χ0) is 15.4. The molecule has 22 heavy (non-hydrogen) atoms. The maximum Gasteiger partial charge on any atom is 0.253 e. The molecule has 0 bridgehead atoms. The highest BCUT2D eigenvalue weighted by Crippen LogP contribution is 2.26. The molecule has 1 saturated heterocycles. The second-order valence-electron chi connectivity index (χ2n) is 4.92. The van der Waals surface area contributed by atoms with E-state index >= 15 is 0 Å². The van der Waals surface area contributed by atoms with Crippen molar-refractivity contribution >= 4 is 47.2 Å². The number of rotatable bonds is 4. The number of ether oxygens (including phenoxy) is 1. The largest absolute Gasteiger partial charge is 0.364 e. The van der Waals surface area contributed by atoms with Crippen LogP contribution in [0.2, 0.25) is 5.02 Å². The van der Waals surface area contributed by atoms with Gasteiger partial charge in [0.1, 0.15) is 6.10 Å². The van der Waals surface area contributed by atoms with Gasteiger partial charge in [-0.05, 0) is 31.0 Å². The third kappa shape index (κ3) is 4.84. The van der Waals surface area contributed by atoms with Crippen LogP contribution < -0.4 is 16.4 Å². The van der Waals surface area contributed by atoms with E-state index in [-0.39, 0.29) is 30.3 Å². The van der Waals surface area contributed by atoms with Crippen molar-refractivity contribution in [1.29, 1.82) is 0 Å². The summed E-state index contributed by atoms with van der Waals surface area (Å²) in [6, 6.07) is 4.89. The maximum atomic E-state index is 12.1. The highest BCUT2D eigenvalue weighted by molar-refractivity contribution is 6.34. The van der Waals surface area contributed by atoms with Crippen molar-refractivity contribution in [2.45, 2.75) is 32.0 Å². The predicted molar refractivity (Wildman–Crippen MR) is 88.6 cm³/mol. The molecule has 2 rings (SSSR count). The first-order chi connectivity index (χ1) is 9.99. The van der Waals surface area contributed by atoms with Crippen LogP contribution in [0.4, 0.5) is 11.4 Å². The van der Waals surface area contributed by atoms with Gasteiger partial charge in [0.15, 0.2) is 0 Å². The SMILES string of the molecule is CC(=O)Nc1ccc(NC(=O)[C@@H]2CC[C@H](CN)O2)cc1Cl.Cl. The summed E-state index contributed by atoms with van der Waals surface area (Å²) in [5.74, 6) is -0.421. The van der Waals surface area contributed by atoms with Crippen LogP contribution in [0.3, 0.4) is 0 Å². The molecule has 0 spiro atoms. The van der Waals surface area contributed by atoms with E-state index in [1.165, 1.54) is 6.92 Å². The molecule has 1 aromatic carbocycles. The molecule has 0 aromatic heterocycles. The van der Waals surface area contributed by atoms with Crippen molar-refractivity contribution in [3.8, 4) is 0 Å². The van der Waals surface area contributed by atoms with Gasteiger partial charge >= 0.3 is 0 Å². The van der Waals surface area contributed by atoms with Crippen LogP contribution in [0.25, 0.3) is 0 Å². The summed E-state index contributed by atoms with van der Waals surface area (Å²) in [5.41, 5.74) is 6.57. The van der Waals surface area contributed by atoms with Crippen LogP contribution in [0.15, 0.2) is 18.2 Å². The summed E-state index contributed by atoms with van der Waals surface area (Å²) in [7, 11) is 0. The Labute approximate surface area is 140 Å². The smallest absolute Gasteiger partial charge is 0.253 e. The predicted octanol–water partition coefficient (Wildman–Crippen LogP) is 2.16. The molecular formula is C14H19Cl2N3O3. The minimum Gasteiger partial charge on any atom is -0.364 e. The lowest BCUT2D eigenvalue weighted by Crippen LogP contribution is -2.29. The van der Waals surface area contributed by atoms with Gasteiger partial charge in [-0.3, -0.25) is 9.59 Å². The molecule has 1 aromatic rings. The fourth-order valence-corrected chi connectivity index (χ4v) is 2.41. The van der Waals surface area contributed by atoms with Crippen molar-refractivity contribution in [2.24, 2.45) is 5.73 Å². The van der Waals surface area contributed by atoms with E-state index in [0.717, 1.165) is 6.42 Å². The number of amides is 2. The quantitative estimate of drug-likeness (QED) is 0.777. The summed E-state index contributed by atoms with van der Waals surface area (Å²) in [6.07, 6.45) is 0.918. The Morgan fingerprint density at radius 2 is 2.09 bits per heavy atom. The van der Waals surface area contributed by atoms with Gasteiger partial charge in [0.2, 0.25) is 5.91 Å². The Morgan fingerprint density at radius 1 is 1.36 bits per heavy atom. The van der Waals surface area contributed by atoms with Crippen molar-refractivity contribution in [2.75, 3.05) is 17.2 Å². The average Bonchev–Trinajstić information content (AvgIpc) is 2.90. The van der Waals surface area contributed by atoms with E-state index in [2.05, 4.69) is 10.6 Å². The van der Waals surface area contributed by atoms with E-state index < -0.39 is 6.10 Å². The van der Waals surface area contributed by atoms with E-state index in [0.29, 0.717) is 29.4 Å². The van der Waals surface area contributed by atoms with Gasteiger partial charge in [-0.2, -0.15) is 0 Å². The molecule has 0 saturated carbocycles. The van der Waals surface area contributed by atoms with Crippen LogP contribution in [-0.2, 0) is 14.3 Å². The van der Waals surface area contributed by atoms with E-state index in [1.54, 1.807) is 18.2 Å². The number of hydrogen-bond donors (Lipinski definition) is 3. The number of carbonyl (C=O) groups is 2. The third-order valence-electron chi connectivity index (χ3n) is 3.21. The number of hydrogen-bond acceptors (Lipinski definition) is 4. The summed E-state index contributed by atoms with van der Waals surface area (Å²) in [6.45, 7) is 1.82. The minimum atomic E-state index is -0.479. The number of carbonyl (C=O) groups excluding carboxylic acids is 2. The standard InChI is InChI=1S/C14H18ClN3O3.ClH/c1-8(19)17-12-4-2-9(6-11(12)15)18-14(20)13-5-3-10(7-16)21-13;/h2,4,6,10,13H,3,5,7,16H2,1H3,(H,17,19)(H,18,20);1H/t10-,13+;/m1./s1. The molecule has 0 aliphatic carbocycles. The van der Waals surface area contributed by atoms with E-state index in [9.17, 15) is 9.59 Å². The van der Waals surface area contributed by atoms with Gasteiger partial charge in [-0.25, -0.2) is 0 Å². The Morgan fingerprint density at radius 3 is 2.64 bits per heavy atom. The molecule has 122 valence electrons. The second-order valence-corrected chi connectivity index (χ2v) is 5.33. The summed E-state index contributed by atoms with van der Waals surface area (Å²) in [5, 5.41) is 5.70. The first-order valence-corrected chi connectivity index (χ1v) is 7.11. The van der Waals surface area contributed by atoms with Crippen LogP contribution in [0.5, 0.6) is 0 Å². The molecule has 2 amide bonds. The highest BCUT2D eigenvalue weighted by Gasteiger charge is 2.29. The van der Waals surface area contributed by atoms with Gasteiger partial charge in [0, 0.05) is 19.2 Å². The number of benzene rings is 1. The zero-order valence-corrected chi connectivity index (χ0v) is 13.7. The van der Waals surface area contributed by atoms with Gasteiger partial charge in [0.25, 0.3) is 5.91 Å². The number of nitrogens with two attached hydrogens (primary N) is 1. The minimum absolute atomic E-state index is 0. The zero-order valence-electron chi connectivity index (χ0n) is 12.1. The molecule has 8 heteroatoms. The third-order valence-corrected chi connectivity index (χ3v) is 3.52. The molecule has 6 nitrogen and oxygen atoms in total. The number of nitrogens with one attached hydrogen (secondary N) is 2. The number of halogens is 2. The molecule has 1 fully saturated rings. The van der Waals surface area contributed by atoms with E-state index in [4.69, 9.17) is 22.1 Å². The summed E-state index contributed by atoms with van der Waals surface area (Å²) >= 11 is 6.05. The molecule has 0 radical (unpaired) electrons. The maximum absolute atomic E-state index is 12.1. The van der Waals surface area contributed by atoms with Crippen LogP contribution in [-0.4, -0.2) is 30.6 Å². The van der Waals surface area contributed by atoms with Crippen molar-refractivity contribution in [3.05, 3.63) is 23.2 Å². The first kappa shape index (κ1) is 18.7. The Bertz CT molecular complexity index is 554. The van der Waals surface area contributed by atoms with Crippen LogP contribution in [0, 0.1) is 0 Å². The highest BCUT2D eigenvalue weighted by atomic mass is 35.5. The topological polar surface area (TPSA) is 93.5 Å². The molecule has 4 N–H and O–H groups in total. The summed E-state index contributed by atoms with van der Waals surface area (Å²) < 4.78 is 5.52. The van der Waals surface area contributed by atoms with Gasteiger partial charge < -0.3 is 21.1 Å². The van der Waals surface area contributed by atoms with Gasteiger partial charge in [-0.1, -0.05) is 11.6 Å². The molecule has 2 atom stereocenters. The normalized spacial score (nSPS) is 20.1. The lowest BCUT2D eigenvalue weighted by Gasteiger charge is -2.13. The van der Waals surface area contributed by atoms with Gasteiger partial charge in [0.05, 0.1) is 16.8 Å². The fraction of sp³-hybridized carbons (Fsp3) is 0.429. The molecule has 1 aliphatic rings. The lowest BCUT2D eigenvalue weighted by molar-refractivity contribution is -0.126. The van der Waals surface area contributed by atoms with Crippen molar-refractivity contribution in [1.82, 2.24) is 0 Å².